The summed E-state index contributed by atoms with van der Waals surface area (Å²) in [5.41, 5.74) is 6.91. The van der Waals surface area contributed by atoms with E-state index >= 15 is 0 Å². The number of H-pyrrole nitrogens is 1. The first kappa shape index (κ1) is 18.1. The minimum absolute atomic E-state index is 0.226. The van der Waals surface area contributed by atoms with Crippen LogP contribution in [-0.4, -0.2) is 39.4 Å². The number of nitro benzene ring substituents is 1. The zero-order valence-corrected chi connectivity index (χ0v) is 14.5. The number of benzene rings is 2. The molecule has 10 nitrogen and oxygen atoms in total. The summed E-state index contributed by atoms with van der Waals surface area (Å²) < 4.78 is 10.5. The number of aromatic amines is 1. The van der Waals surface area contributed by atoms with Crippen molar-refractivity contribution in [2.24, 2.45) is 5.73 Å². The van der Waals surface area contributed by atoms with Crippen molar-refractivity contribution in [3.8, 4) is 28.6 Å². The molecule has 3 rings (SSSR count). The fourth-order valence-corrected chi connectivity index (χ4v) is 2.56. The molecule has 0 unspecified atom stereocenters. The Kier molecular flexibility index (Phi) is 4.90. The van der Waals surface area contributed by atoms with Crippen LogP contribution in [0.25, 0.3) is 11.4 Å². The lowest BCUT2D eigenvalue weighted by atomic mass is 10.1. The first-order valence-electron chi connectivity index (χ1n) is 7.82. The number of hydrogen-bond acceptors (Lipinski definition) is 8. The number of aromatic nitrogens is 3. The predicted molar refractivity (Wildman–Crippen MR) is 95.7 cm³/mol. The SMILES string of the molecule is COc1ccc([C@@H](N)c2nc(-c3ccc(O)c([N+](=O)[O-])c3)n[nH]2)cc1OC. The summed E-state index contributed by atoms with van der Waals surface area (Å²) in [6.45, 7) is 0. The molecule has 0 aliphatic rings. The largest absolute Gasteiger partial charge is 0.502 e. The Bertz CT molecular complexity index is 988. The van der Waals surface area contributed by atoms with Crippen molar-refractivity contribution in [2.45, 2.75) is 6.04 Å². The number of ether oxygens (including phenoxy) is 2. The molecule has 0 bridgehead atoms. The van der Waals surface area contributed by atoms with Crippen molar-refractivity contribution in [1.82, 2.24) is 15.2 Å². The zero-order valence-electron chi connectivity index (χ0n) is 14.5. The Morgan fingerprint density at radius 2 is 1.93 bits per heavy atom. The van der Waals surface area contributed by atoms with Gasteiger partial charge in [0.05, 0.1) is 25.2 Å². The van der Waals surface area contributed by atoms with E-state index in [1.165, 1.54) is 32.4 Å². The van der Waals surface area contributed by atoms with Gasteiger partial charge in [-0.25, -0.2) is 4.98 Å². The molecule has 0 radical (unpaired) electrons. The van der Waals surface area contributed by atoms with E-state index in [9.17, 15) is 15.2 Å². The minimum Gasteiger partial charge on any atom is -0.502 e. The topological polar surface area (TPSA) is 149 Å². The molecule has 0 aliphatic carbocycles. The Morgan fingerprint density at radius 1 is 1.19 bits per heavy atom. The molecule has 1 atom stereocenters. The van der Waals surface area contributed by atoms with Crippen molar-refractivity contribution in [3.63, 3.8) is 0 Å². The number of methoxy groups -OCH3 is 2. The molecule has 3 aromatic rings. The molecule has 1 aromatic heterocycles. The quantitative estimate of drug-likeness (QED) is 0.441. The third-order valence-corrected chi connectivity index (χ3v) is 3.99. The van der Waals surface area contributed by atoms with Crippen molar-refractivity contribution in [2.75, 3.05) is 14.2 Å². The van der Waals surface area contributed by atoms with Crippen molar-refractivity contribution in [3.05, 3.63) is 57.9 Å². The highest BCUT2D eigenvalue weighted by molar-refractivity contribution is 5.63. The molecule has 0 fully saturated rings. The molecular formula is C17H17N5O5. The van der Waals surface area contributed by atoms with Gasteiger partial charge in [0.2, 0.25) is 0 Å². The van der Waals surface area contributed by atoms with E-state index in [-0.39, 0.29) is 5.82 Å². The summed E-state index contributed by atoms with van der Waals surface area (Å²) in [6, 6.07) is 8.52. The number of aromatic hydroxyl groups is 1. The molecule has 0 saturated heterocycles. The lowest BCUT2D eigenvalue weighted by molar-refractivity contribution is -0.385. The van der Waals surface area contributed by atoms with Gasteiger partial charge in [0, 0.05) is 11.6 Å². The van der Waals surface area contributed by atoms with Crippen LogP contribution in [0.5, 0.6) is 17.2 Å². The number of phenolic OH excluding ortho intramolecular Hbond substituents is 1. The second kappa shape index (κ2) is 7.30. The number of phenols is 1. The molecule has 27 heavy (non-hydrogen) atoms. The van der Waals surface area contributed by atoms with E-state index < -0.39 is 22.4 Å². The van der Waals surface area contributed by atoms with Gasteiger partial charge >= 0.3 is 5.69 Å². The van der Waals surface area contributed by atoms with Gasteiger partial charge in [-0.3, -0.25) is 15.2 Å². The Morgan fingerprint density at radius 3 is 2.59 bits per heavy atom. The first-order chi connectivity index (χ1) is 12.9. The molecular weight excluding hydrogens is 354 g/mol. The van der Waals surface area contributed by atoms with Crippen LogP contribution in [0.1, 0.15) is 17.4 Å². The molecule has 10 heteroatoms. The summed E-state index contributed by atoms with van der Waals surface area (Å²) in [5, 5.41) is 27.3. The molecule has 0 saturated carbocycles. The van der Waals surface area contributed by atoms with Gasteiger partial charge in [-0.05, 0) is 29.8 Å². The lowest BCUT2D eigenvalue weighted by Crippen LogP contribution is -2.14. The van der Waals surface area contributed by atoms with Crippen molar-refractivity contribution >= 4 is 5.69 Å². The normalized spacial score (nSPS) is 11.8. The molecule has 0 aliphatic heterocycles. The van der Waals surface area contributed by atoms with Crippen molar-refractivity contribution in [1.29, 1.82) is 0 Å². The third-order valence-electron chi connectivity index (χ3n) is 3.99. The maximum atomic E-state index is 11.0. The molecule has 1 heterocycles. The number of nitrogens with zero attached hydrogens (tertiary/aromatic N) is 3. The first-order valence-corrected chi connectivity index (χ1v) is 7.82. The lowest BCUT2D eigenvalue weighted by Gasteiger charge is -2.13. The van der Waals surface area contributed by atoms with Gasteiger partial charge in [0.15, 0.2) is 23.1 Å². The summed E-state index contributed by atoms with van der Waals surface area (Å²) in [5.74, 6) is 1.26. The number of nitrogens with one attached hydrogen (secondary N) is 1. The number of rotatable bonds is 6. The average molecular weight is 371 g/mol. The maximum absolute atomic E-state index is 11.0. The number of nitrogens with two attached hydrogens (primary N) is 1. The van der Waals surface area contributed by atoms with Crippen LogP contribution in [0.3, 0.4) is 0 Å². The molecule has 0 spiro atoms. The van der Waals surface area contributed by atoms with Crippen LogP contribution in [0.2, 0.25) is 0 Å². The standard InChI is InChI=1S/C17H17N5O5/c1-26-13-6-4-9(8-14(13)27-2)15(18)17-19-16(20-21-17)10-3-5-12(23)11(7-10)22(24)25/h3-8,15,23H,18H2,1-2H3,(H,19,20,21)/t15-/m1/s1. The number of nitro groups is 1. The Labute approximate surface area is 153 Å². The highest BCUT2D eigenvalue weighted by Gasteiger charge is 2.19. The van der Waals surface area contributed by atoms with Gasteiger partial charge in [0.25, 0.3) is 0 Å². The minimum atomic E-state index is -0.679. The second-order valence-corrected chi connectivity index (χ2v) is 5.60. The molecule has 0 amide bonds. The molecule has 2 aromatic carbocycles. The van der Waals surface area contributed by atoms with Crippen LogP contribution in [-0.2, 0) is 0 Å². The van der Waals surface area contributed by atoms with E-state index in [1.54, 1.807) is 18.2 Å². The predicted octanol–water partition coefficient (Wildman–Crippen LogP) is 2.15. The van der Waals surface area contributed by atoms with Gasteiger partial charge in [-0.1, -0.05) is 6.07 Å². The maximum Gasteiger partial charge on any atom is 0.311 e. The van der Waals surface area contributed by atoms with E-state index in [2.05, 4.69) is 15.2 Å². The average Bonchev–Trinajstić information content (AvgIpc) is 3.17. The summed E-state index contributed by atoms with van der Waals surface area (Å²) >= 11 is 0. The van der Waals surface area contributed by atoms with Gasteiger partial charge in [0.1, 0.15) is 5.82 Å². The Balaban J connectivity index is 1.92. The van der Waals surface area contributed by atoms with Crippen LogP contribution < -0.4 is 15.2 Å². The third kappa shape index (κ3) is 3.51. The summed E-state index contributed by atoms with van der Waals surface area (Å²) in [4.78, 5) is 14.6. The van der Waals surface area contributed by atoms with Crippen LogP contribution in [0.15, 0.2) is 36.4 Å². The smallest absolute Gasteiger partial charge is 0.311 e. The van der Waals surface area contributed by atoms with Gasteiger partial charge in [-0.15, -0.1) is 0 Å². The van der Waals surface area contributed by atoms with E-state index in [0.29, 0.717) is 28.5 Å². The van der Waals surface area contributed by atoms with E-state index in [0.717, 1.165) is 0 Å². The summed E-state index contributed by atoms with van der Waals surface area (Å²) in [7, 11) is 3.06. The molecule has 4 N–H and O–H groups in total. The summed E-state index contributed by atoms with van der Waals surface area (Å²) in [6.07, 6.45) is 0. The highest BCUT2D eigenvalue weighted by Crippen LogP contribution is 2.32. The Hall–Kier alpha value is -3.66. The van der Waals surface area contributed by atoms with Crippen LogP contribution in [0, 0.1) is 10.1 Å². The fourth-order valence-electron chi connectivity index (χ4n) is 2.56. The van der Waals surface area contributed by atoms with Gasteiger partial charge < -0.3 is 20.3 Å². The van der Waals surface area contributed by atoms with E-state index in [4.69, 9.17) is 15.2 Å². The van der Waals surface area contributed by atoms with Gasteiger partial charge in [-0.2, -0.15) is 5.10 Å². The van der Waals surface area contributed by atoms with E-state index in [1.807, 2.05) is 0 Å². The fraction of sp³-hybridized carbons (Fsp3) is 0.176. The number of hydrogen-bond donors (Lipinski definition) is 3. The zero-order chi connectivity index (χ0) is 19.6. The van der Waals surface area contributed by atoms with Crippen LogP contribution >= 0.6 is 0 Å². The highest BCUT2D eigenvalue weighted by atomic mass is 16.6. The monoisotopic (exact) mass is 371 g/mol. The van der Waals surface area contributed by atoms with Crippen molar-refractivity contribution < 1.29 is 19.5 Å². The van der Waals surface area contributed by atoms with Crippen LogP contribution in [0.4, 0.5) is 5.69 Å². The molecule has 140 valence electrons. The second-order valence-electron chi connectivity index (χ2n) is 5.60.